The van der Waals surface area contributed by atoms with Gasteiger partial charge >= 0.3 is 6.09 Å². The number of amides is 2. The van der Waals surface area contributed by atoms with Crippen LogP contribution in [0, 0.1) is 0 Å². The summed E-state index contributed by atoms with van der Waals surface area (Å²) in [6, 6.07) is 17.7. The van der Waals surface area contributed by atoms with E-state index in [-0.39, 0.29) is 18.5 Å². The van der Waals surface area contributed by atoms with Crippen molar-refractivity contribution in [3.05, 3.63) is 71.9 Å². The fraction of sp³-hybridized carbons (Fsp3) is 0.320. The molecule has 2 amide bonds. The molecule has 1 atom stereocenters. The molecule has 4 rings (SSSR count). The Labute approximate surface area is 187 Å². The normalized spacial score (nSPS) is 15.3. The van der Waals surface area contributed by atoms with Crippen LogP contribution in [0.4, 0.5) is 10.5 Å². The molecule has 166 valence electrons. The van der Waals surface area contributed by atoms with Crippen LogP contribution in [0.3, 0.4) is 0 Å². The number of nitrogens with zero attached hydrogens (tertiary/aromatic N) is 2. The predicted molar refractivity (Wildman–Crippen MR) is 124 cm³/mol. The standard InChI is InChI=1S/C25H28N4O3/c1-25(2,3)32-24(31)27-16-23(30)29(19-11-13-21-18(15-19)8-6-14-26-21)28-22-12-10-17-7-4-5-9-20(17)22/h4-9,11,13-15,22,28H,10,12,16H2,1-3H3,(H,27,31)/t22-/m1/s1. The third-order valence-corrected chi connectivity index (χ3v) is 5.29. The molecule has 0 aliphatic heterocycles. The number of rotatable bonds is 5. The third kappa shape index (κ3) is 5.06. The zero-order valence-electron chi connectivity index (χ0n) is 18.6. The molecule has 7 nitrogen and oxygen atoms in total. The summed E-state index contributed by atoms with van der Waals surface area (Å²) in [5.41, 5.74) is 6.77. The first kappa shape index (κ1) is 21.8. The van der Waals surface area contributed by atoms with Crippen LogP contribution >= 0.6 is 0 Å². The van der Waals surface area contributed by atoms with Gasteiger partial charge in [0.25, 0.3) is 5.91 Å². The van der Waals surface area contributed by atoms with Gasteiger partial charge < -0.3 is 10.1 Å². The van der Waals surface area contributed by atoms with E-state index in [9.17, 15) is 9.59 Å². The summed E-state index contributed by atoms with van der Waals surface area (Å²) in [4.78, 5) is 29.7. The first-order valence-corrected chi connectivity index (χ1v) is 10.8. The van der Waals surface area contributed by atoms with Crippen molar-refractivity contribution in [3.8, 4) is 0 Å². The fourth-order valence-electron chi connectivity index (χ4n) is 3.88. The lowest BCUT2D eigenvalue weighted by atomic mass is 10.1. The number of aryl methyl sites for hydroxylation is 1. The summed E-state index contributed by atoms with van der Waals surface area (Å²) in [5, 5.41) is 5.02. The molecule has 3 aromatic rings. The van der Waals surface area contributed by atoms with Crippen molar-refractivity contribution in [2.24, 2.45) is 0 Å². The fourth-order valence-corrected chi connectivity index (χ4v) is 3.88. The van der Waals surface area contributed by atoms with Gasteiger partial charge in [-0.3, -0.25) is 9.78 Å². The van der Waals surface area contributed by atoms with Gasteiger partial charge in [0, 0.05) is 11.6 Å². The van der Waals surface area contributed by atoms with Crippen molar-refractivity contribution in [2.45, 2.75) is 45.3 Å². The van der Waals surface area contributed by atoms with Gasteiger partial charge in [0.1, 0.15) is 12.1 Å². The Hall–Kier alpha value is -3.45. The molecule has 0 spiro atoms. The minimum absolute atomic E-state index is 0.00118. The van der Waals surface area contributed by atoms with Gasteiger partial charge in [0.2, 0.25) is 0 Å². The summed E-state index contributed by atoms with van der Waals surface area (Å²) >= 11 is 0. The third-order valence-electron chi connectivity index (χ3n) is 5.29. The van der Waals surface area contributed by atoms with Crippen LogP contribution in [0.5, 0.6) is 0 Å². The number of carbonyl (C=O) groups is 2. The van der Waals surface area contributed by atoms with Gasteiger partial charge in [0.05, 0.1) is 17.2 Å². The van der Waals surface area contributed by atoms with E-state index in [1.165, 1.54) is 16.1 Å². The van der Waals surface area contributed by atoms with Crippen LogP contribution in [0.15, 0.2) is 60.8 Å². The van der Waals surface area contributed by atoms with Gasteiger partial charge in [-0.1, -0.05) is 30.3 Å². The molecule has 1 aliphatic carbocycles. The summed E-state index contributed by atoms with van der Waals surface area (Å²) in [6.07, 6.45) is 2.95. The van der Waals surface area contributed by atoms with Crippen LogP contribution in [-0.2, 0) is 16.0 Å². The van der Waals surface area contributed by atoms with E-state index in [0.29, 0.717) is 5.69 Å². The molecule has 0 bridgehead atoms. The second-order valence-corrected chi connectivity index (χ2v) is 8.88. The van der Waals surface area contributed by atoms with E-state index < -0.39 is 11.7 Å². The highest BCUT2D eigenvalue weighted by atomic mass is 16.6. The molecular weight excluding hydrogens is 404 g/mol. The van der Waals surface area contributed by atoms with Gasteiger partial charge in [-0.15, -0.1) is 0 Å². The van der Waals surface area contributed by atoms with Crippen molar-refractivity contribution in [2.75, 3.05) is 11.6 Å². The van der Waals surface area contributed by atoms with Crippen molar-refractivity contribution in [3.63, 3.8) is 0 Å². The molecule has 7 heteroatoms. The highest BCUT2D eigenvalue weighted by Crippen LogP contribution is 2.32. The van der Waals surface area contributed by atoms with Crippen LogP contribution in [0.25, 0.3) is 10.9 Å². The number of alkyl carbamates (subject to hydrolysis) is 1. The number of fused-ring (bicyclic) bond motifs is 2. The molecule has 1 aromatic heterocycles. The lowest BCUT2D eigenvalue weighted by Crippen LogP contribution is -2.49. The molecule has 0 fully saturated rings. The van der Waals surface area contributed by atoms with Crippen molar-refractivity contribution in [1.82, 2.24) is 15.7 Å². The summed E-state index contributed by atoms with van der Waals surface area (Å²) in [6.45, 7) is 5.15. The maximum absolute atomic E-state index is 13.2. The molecule has 0 radical (unpaired) electrons. The smallest absolute Gasteiger partial charge is 0.408 e. The average Bonchev–Trinajstić information content (AvgIpc) is 3.17. The van der Waals surface area contributed by atoms with Crippen LogP contribution in [0.2, 0.25) is 0 Å². The number of pyridine rings is 1. The highest BCUT2D eigenvalue weighted by Gasteiger charge is 2.27. The average molecular weight is 433 g/mol. The Morgan fingerprint density at radius 3 is 2.75 bits per heavy atom. The Bertz CT molecular complexity index is 1140. The molecule has 1 aliphatic rings. The van der Waals surface area contributed by atoms with Crippen LogP contribution < -0.4 is 15.8 Å². The summed E-state index contributed by atoms with van der Waals surface area (Å²) in [7, 11) is 0. The molecule has 0 saturated carbocycles. The van der Waals surface area contributed by atoms with Gasteiger partial charge in [-0.05, 0) is 69.0 Å². The first-order valence-electron chi connectivity index (χ1n) is 10.8. The molecule has 1 heterocycles. The van der Waals surface area contributed by atoms with Crippen molar-refractivity contribution < 1.29 is 14.3 Å². The Kier molecular flexibility index (Phi) is 6.10. The monoisotopic (exact) mass is 432 g/mol. The first-order chi connectivity index (χ1) is 15.3. The second-order valence-electron chi connectivity index (χ2n) is 8.88. The van der Waals surface area contributed by atoms with E-state index in [0.717, 1.165) is 23.7 Å². The van der Waals surface area contributed by atoms with E-state index in [2.05, 4.69) is 27.9 Å². The highest BCUT2D eigenvalue weighted by molar-refractivity contribution is 5.97. The van der Waals surface area contributed by atoms with Crippen LogP contribution in [0.1, 0.15) is 44.4 Å². The molecule has 2 N–H and O–H groups in total. The zero-order chi connectivity index (χ0) is 22.7. The maximum Gasteiger partial charge on any atom is 0.408 e. The number of hydrogen-bond donors (Lipinski definition) is 2. The van der Waals surface area contributed by atoms with Crippen molar-refractivity contribution >= 4 is 28.6 Å². The molecule has 32 heavy (non-hydrogen) atoms. The number of anilines is 1. The number of benzene rings is 2. The minimum atomic E-state index is -0.635. The second kappa shape index (κ2) is 8.96. The number of hydrogen-bond acceptors (Lipinski definition) is 5. The van der Waals surface area contributed by atoms with Gasteiger partial charge in [-0.2, -0.15) is 0 Å². The minimum Gasteiger partial charge on any atom is -0.444 e. The number of nitrogens with one attached hydrogen (secondary N) is 2. The lowest BCUT2D eigenvalue weighted by molar-refractivity contribution is -0.118. The van der Waals surface area contributed by atoms with Crippen LogP contribution in [-0.4, -0.2) is 29.1 Å². The van der Waals surface area contributed by atoms with E-state index >= 15 is 0 Å². The zero-order valence-corrected chi connectivity index (χ0v) is 18.6. The SMILES string of the molecule is CC(C)(C)OC(=O)NCC(=O)N(N[C@@H]1CCc2ccccc21)c1ccc2ncccc2c1. The molecule has 0 saturated heterocycles. The largest absolute Gasteiger partial charge is 0.444 e. The van der Waals surface area contributed by atoms with Crippen molar-refractivity contribution in [1.29, 1.82) is 0 Å². The summed E-state index contributed by atoms with van der Waals surface area (Å²) in [5.74, 6) is -0.288. The topological polar surface area (TPSA) is 83.6 Å². The molecular formula is C25H28N4O3. The van der Waals surface area contributed by atoms with E-state index in [4.69, 9.17) is 4.74 Å². The Morgan fingerprint density at radius 2 is 1.94 bits per heavy atom. The molecule has 0 unspecified atom stereocenters. The number of aromatic nitrogens is 1. The Balaban J connectivity index is 1.57. The van der Waals surface area contributed by atoms with E-state index in [1.807, 2.05) is 42.5 Å². The van der Waals surface area contributed by atoms with Gasteiger partial charge in [-0.25, -0.2) is 15.2 Å². The van der Waals surface area contributed by atoms with E-state index in [1.54, 1.807) is 27.0 Å². The maximum atomic E-state index is 13.2. The number of ether oxygens (including phenoxy) is 1. The predicted octanol–water partition coefficient (Wildman–Crippen LogP) is 4.28. The summed E-state index contributed by atoms with van der Waals surface area (Å²) < 4.78 is 5.26. The lowest BCUT2D eigenvalue weighted by Gasteiger charge is -2.28. The number of hydrazine groups is 1. The number of carbonyl (C=O) groups excluding carboxylic acids is 2. The quantitative estimate of drug-likeness (QED) is 0.588. The van der Waals surface area contributed by atoms with Gasteiger partial charge in [0.15, 0.2) is 0 Å². The Morgan fingerprint density at radius 1 is 1.12 bits per heavy atom. The molecule has 2 aromatic carbocycles.